The fourth-order valence-electron chi connectivity index (χ4n) is 3.17. The summed E-state index contributed by atoms with van der Waals surface area (Å²) in [6, 6.07) is -0.517. The highest BCUT2D eigenvalue weighted by Gasteiger charge is 2.38. The van der Waals surface area contributed by atoms with Gasteiger partial charge in [0, 0.05) is 25.1 Å². The molecule has 3 rings (SSSR count). The highest BCUT2D eigenvalue weighted by Crippen LogP contribution is 2.39. The van der Waals surface area contributed by atoms with Crippen molar-refractivity contribution in [3.63, 3.8) is 0 Å². The first-order chi connectivity index (χ1) is 12.9. The standard InChI is InChI=1S/C18H28N4O5/c1-18(2,10-26-11-25-3)19-9-14(23)22-8-4-5-13(22)15(24)16-20-17(27-21-16)12-6-7-12/h12-13,19H,4-11H2,1-3H3. The summed E-state index contributed by atoms with van der Waals surface area (Å²) in [6.45, 7) is 5.19. The van der Waals surface area contributed by atoms with Crippen LogP contribution in [-0.2, 0) is 14.3 Å². The number of nitrogens with one attached hydrogen (secondary N) is 1. The smallest absolute Gasteiger partial charge is 0.240 e. The molecule has 1 unspecified atom stereocenters. The van der Waals surface area contributed by atoms with Crippen molar-refractivity contribution >= 4 is 11.7 Å². The molecule has 1 aliphatic carbocycles. The van der Waals surface area contributed by atoms with Crippen LogP contribution in [0.5, 0.6) is 0 Å². The number of carbonyl (C=O) groups excluding carboxylic acids is 2. The topological polar surface area (TPSA) is 107 Å². The maximum atomic E-state index is 12.8. The summed E-state index contributed by atoms with van der Waals surface area (Å²) < 4.78 is 15.4. The number of carbonyl (C=O) groups is 2. The van der Waals surface area contributed by atoms with Crippen molar-refractivity contribution in [3.8, 4) is 0 Å². The van der Waals surface area contributed by atoms with Crippen LogP contribution in [0.1, 0.15) is 62.0 Å². The van der Waals surface area contributed by atoms with Gasteiger partial charge in [0.15, 0.2) is 0 Å². The molecular weight excluding hydrogens is 352 g/mol. The van der Waals surface area contributed by atoms with Gasteiger partial charge < -0.3 is 24.2 Å². The predicted molar refractivity (Wildman–Crippen MR) is 95.2 cm³/mol. The molecule has 9 nitrogen and oxygen atoms in total. The molecule has 1 aromatic rings. The molecule has 2 aliphatic rings. The molecule has 1 aliphatic heterocycles. The van der Waals surface area contributed by atoms with Gasteiger partial charge in [0.25, 0.3) is 0 Å². The van der Waals surface area contributed by atoms with E-state index in [2.05, 4.69) is 15.5 Å². The summed E-state index contributed by atoms with van der Waals surface area (Å²) in [5.74, 6) is 0.569. The molecule has 1 saturated carbocycles. The number of rotatable bonds is 10. The summed E-state index contributed by atoms with van der Waals surface area (Å²) in [4.78, 5) is 31.3. The Morgan fingerprint density at radius 2 is 2.11 bits per heavy atom. The highest BCUT2D eigenvalue weighted by molar-refractivity contribution is 5.99. The van der Waals surface area contributed by atoms with E-state index >= 15 is 0 Å². The van der Waals surface area contributed by atoms with Crippen LogP contribution in [0.25, 0.3) is 0 Å². The summed E-state index contributed by atoms with van der Waals surface area (Å²) >= 11 is 0. The van der Waals surface area contributed by atoms with Crippen molar-refractivity contribution in [2.75, 3.05) is 33.6 Å². The lowest BCUT2D eigenvalue weighted by Crippen LogP contribution is -2.51. The average molecular weight is 380 g/mol. The van der Waals surface area contributed by atoms with Gasteiger partial charge in [-0.2, -0.15) is 4.98 Å². The normalized spacial score (nSPS) is 20.3. The second kappa shape index (κ2) is 8.45. The first-order valence-electron chi connectivity index (χ1n) is 9.40. The van der Waals surface area contributed by atoms with Crippen molar-refractivity contribution < 1.29 is 23.6 Å². The number of amides is 1. The lowest BCUT2D eigenvalue weighted by Gasteiger charge is -2.28. The van der Waals surface area contributed by atoms with Gasteiger partial charge in [-0.3, -0.25) is 9.59 Å². The fraction of sp³-hybridized carbons (Fsp3) is 0.778. The first-order valence-corrected chi connectivity index (χ1v) is 9.40. The first kappa shape index (κ1) is 19.9. The minimum Gasteiger partial charge on any atom is -0.359 e. The van der Waals surface area contributed by atoms with Crippen LogP contribution >= 0.6 is 0 Å². The third-order valence-corrected chi connectivity index (χ3v) is 4.85. The zero-order valence-corrected chi connectivity index (χ0v) is 16.2. The summed E-state index contributed by atoms with van der Waals surface area (Å²) in [5, 5.41) is 7.01. The van der Waals surface area contributed by atoms with Gasteiger partial charge >= 0.3 is 0 Å². The third kappa shape index (κ3) is 5.12. The van der Waals surface area contributed by atoms with E-state index < -0.39 is 6.04 Å². The van der Waals surface area contributed by atoms with Crippen molar-refractivity contribution in [3.05, 3.63) is 11.7 Å². The maximum Gasteiger partial charge on any atom is 0.240 e. The van der Waals surface area contributed by atoms with Gasteiger partial charge in [-0.05, 0) is 39.5 Å². The largest absolute Gasteiger partial charge is 0.359 e. The van der Waals surface area contributed by atoms with E-state index in [1.54, 1.807) is 12.0 Å². The van der Waals surface area contributed by atoms with E-state index in [0.717, 1.165) is 19.3 Å². The molecule has 2 fully saturated rings. The van der Waals surface area contributed by atoms with E-state index in [0.29, 0.717) is 31.4 Å². The van der Waals surface area contributed by atoms with Crippen LogP contribution in [-0.4, -0.2) is 71.9 Å². The summed E-state index contributed by atoms with van der Waals surface area (Å²) in [6.07, 6.45) is 3.47. The number of ether oxygens (including phenoxy) is 2. The van der Waals surface area contributed by atoms with E-state index in [4.69, 9.17) is 14.0 Å². The second-order valence-corrected chi connectivity index (χ2v) is 7.83. The van der Waals surface area contributed by atoms with Crippen molar-refractivity contribution in [2.24, 2.45) is 0 Å². The molecule has 27 heavy (non-hydrogen) atoms. The lowest BCUT2D eigenvalue weighted by molar-refractivity contribution is -0.131. The van der Waals surface area contributed by atoms with Crippen LogP contribution in [0.2, 0.25) is 0 Å². The molecule has 0 radical (unpaired) electrons. The molecular formula is C18H28N4O5. The number of aromatic nitrogens is 2. The average Bonchev–Trinajstić information content (AvgIpc) is 3.18. The van der Waals surface area contributed by atoms with Gasteiger partial charge in [-0.25, -0.2) is 0 Å². The van der Waals surface area contributed by atoms with E-state index in [1.807, 2.05) is 13.8 Å². The number of nitrogens with zero attached hydrogens (tertiary/aromatic N) is 3. The maximum absolute atomic E-state index is 12.8. The number of likely N-dealkylation sites (tertiary alicyclic amines) is 1. The monoisotopic (exact) mass is 380 g/mol. The third-order valence-electron chi connectivity index (χ3n) is 4.85. The predicted octanol–water partition coefficient (Wildman–Crippen LogP) is 1.11. The quantitative estimate of drug-likeness (QED) is 0.365. The molecule has 1 atom stereocenters. The van der Waals surface area contributed by atoms with Gasteiger partial charge in [0.1, 0.15) is 6.79 Å². The zero-order chi connectivity index (χ0) is 19.4. The van der Waals surface area contributed by atoms with E-state index in [-0.39, 0.29) is 36.4 Å². The van der Waals surface area contributed by atoms with Crippen molar-refractivity contribution in [1.82, 2.24) is 20.4 Å². The fourth-order valence-corrected chi connectivity index (χ4v) is 3.17. The number of methoxy groups -OCH3 is 1. The Bertz CT molecular complexity index is 670. The minimum atomic E-state index is -0.517. The van der Waals surface area contributed by atoms with Crippen molar-refractivity contribution in [2.45, 2.75) is 57.0 Å². The number of Topliss-reactive ketones (excluding diaryl/α,β-unsaturated/α-hetero) is 1. The van der Waals surface area contributed by atoms with Gasteiger partial charge in [-0.15, -0.1) is 0 Å². The molecule has 1 aromatic heterocycles. The molecule has 2 heterocycles. The van der Waals surface area contributed by atoms with E-state index in [9.17, 15) is 9.59 Å². The van der Waals surface area contributed by atoms with Crippen LogP contribution in [0.15, 0.2) is 4.52 Å². The van der Waals surface area contributed by atoms with Gasteiger partial charge in [0.05, 0.1) is 19.2 Å². The van der Waals surface area contributed by atoms with Crippen molar-refractivity contribution in [1.29, 1.82) is 0 Å². The number of hydrogen-bond acceptors (Lipinski definition) is 8. The SMILES string of the molecule is COCOCC(C)(C)NCC(=O)N1CCCC1C(=O)c1noc(C2CC2)n1. The molecule has 9 heteroatoms. The molecule has 1 amide bonds. The molecule has 0 spiro atoms. The summed E-state index contributed by atoms with van der Waals surface area (Å²) in [7, 11) is 1.56. The Balaban J connectivity index is 1.54. The molecule has 1 N–H and O–H groups in total. The second-order valence-electron chi connectivity index (χ2n) is 7.83. The van der Waals surface area contributed by atoms with Gasteiger partial charge in [0.2, 0.25) is 23.4 Å². The van der Waals surface area contributed by atoms with Crippen LogP contribution in [0, 0.1) is 0 Å². The van der Waals surface area contributed by atoms with Crippen LogP contribution in [0.3, 0.4) is 0 Å². The Morgan fingerprint density at radius 3 is 2.81 bits per heavy atom. The lowest BCUT2D eigenvalue weighted by atomic mass is 10.1. The summed E-state index contributed by atoms with van der Waals surface area (Å²) in [5.41, 5.74) is -0.389. The van der Waals surface area contributed by atoms with Crippen LogP contribution in [0.4, 0.5) is 0 Å². The Kier molecular flexibility index (Phi) is 6.23. The Hall–Kier alpha value is -1.84. The molecule has 0 aromatic carbocycles. The zero-order valence-electron chi connectivity index (χ0n) is 16.2. The number of hydrogen-bond donors (Lipinski definition) is 1. The number of ketones is 1. The Morgan fingerprint density at radius 1 is 1.33 bits per heavy atom. The molecule has 150 valence electrons. The van der Waals surface area contributed by atoms with Crippen LogP contribution < -0.4 is 5.32 Å². The van der Waals surface area contributed by atoms with Gasteiger partial charge in [-0.1, -0.05) is 5.16 Å². The minimum absolute atomic E-state index is 0.0860. The molecule has 1 saturated heterocycles. The highest BCUT2D eigenvalue weighted by atomic mass is 16.7. The van der Waals surface area contributed by atoms with E-state index in [1.165, 1.54) is 0 Å². The Labute approximate surface area is 158 Å². The molecule has 0 bridgehead atoms.